The van der Waals surface area contributed by atoms with Gasteiger partial charge < -0.3 is 15.5 Å². The van der Waals surface area contributed by atoms with Crippen molar-refractivity contribution >= 4 is 38.4 Å². The third kappa shape index (κ3) is 2.45. The van der Waals surface area contributed by atoms with Gasteiger partial charge in [-0.2, -0.15) is 5.10 Å². The molecule has 4 N–H and O–H groups in total. The lowest BCUT2D eigenvalue weighted by molar-refractivity contribution is 0.344. The van der Waals surface area contributed by atoms with E-state index in [2.05, 4.69) is 20.2 Å². The van der Waals surface area contributed by atoms with Gasteiger partial charge in [0.15, 0.2) is 11.6 Å². The van der Waals surface area contributed by atoms with Gasteiger partial charge >= 0.3 is 0 Å². The summed E-state index contributed by atoms with van der Waals surface area (Å²) in [5, 5.41) is 7.74. The first-order valence-electron chi connectivity index (χ1n) is 9.18. The van der Waals surface area contributed by atoms with Crippen LogP contribution < -0.4 is 16.0 Å². The topological polar surface area (TPSA) is 110 Å². The number of pyridine rings is 2. The lowest BCUT2D eigenvalue weighted by atomic mass is 9.95. The zero-order valence-corrected chi connectivity index (χ0v) is 15.7. The highest BCUT2D eigenvalue weighted by Gasteiger charge is 2.22. The van der Waals surface area contributed by atoms with Crippen molar-refractivity contribution < 1.29 is 13.5 Å². The average molecular weight is 407 g/mol. The fourth-order valence-electron chi connectivity index (χ4n) is 3.80. The molecule has 0 aliphatic rings. The molecule has 0 unspecified atom stereocenters. The Morgan fingerprint density at radius 3 is 2.80 bits per heavy atom. The Morgan fingerprint density at radius 1 is 1.17 bits per heavy atom. The van der Waals surface area contributed by atoms with Crippen LogP contribution in [-0.4, -0.2) is 26.8 Å². The predicted octanol–water partition coefficient (Wildman–Crippen LogP) is 3.88. The van der Waals surface area contributed by atoms with Gasteiger partial charge in [-0.15, -0.1) is 0 Å². The maximum Gasteiger partial charge on any atom is 0.272 e. The number of rotatable bonds is 3. The fourth-order valence-corrected chi connectivity index (χ4v) is 3.80. The molecule has 0 saturated heterocycles. The molecule has 5 aromatic rings. The summed E-state index contributed by atoms with van der Waals surface area (Å²) in [5.41, 5.74) is 6.92. The first kappa shape index (κ1) is 18.0. The molecule has 7 nitrogen and oxygen atoms in total. The number of nitrogens with zero attached hydrogens (tertiary/aromatic N) is 2. The lowest BCUT2D eigenvalue weighted by Crippen LogP contribution is -2.14. The summed E-state index contributed by atoms with van der Waals surface area (Å²) in [6.45, 7) is 2.23. The SMILES string of the molecule is CCOc1cc2c(-c3cc(F)c(F)c4[nH]ncc34)c(N)c(=O)[nH]c2c2cccnc12. The van der Waals surface area contributed by atoms with Crippen LogP contribution >= 0.6 is 0 Å². The summed E-state index contributed by atoms with van der Waals surface area (Å²) in [4.78, 5) is 19.8. The number of hydrogen-bond donors (Lipinski definition) is 3. The molecule has 0 bridgehead atoms. The molecule has 0 saturated carbocycles. The second kappa shape index (κ2) is 6.51. The van der Waals surface area contributed by atoms with E-state index in [9.17, 15) is 13.6 Å². The Labute approximate surface area is 167 Å². The zero-order valence-electron chi connectivity index (χ0n) is 15.7. The zero-order chi connectivity index (χ0) is 21.0. The van der Waals surface area contributed by atoms with Crippen LogP contribution in [0.3, 0.4) is 0 Å². The molecule has 0 radical (unpaired) electrons. The van der Waals surface area contributed by atoms with Gasteiger partial charge in [0.05, 0.1) is 18.3 Å². The quantitative estimate of drug-likeness (QED) is 0.393. The van der Waals surface area contributed by atoms with Crippen LogP contribution in [0.5, 0.6) is 5.75 Å². The molecule has 5 rings (SSSR count). The molecule has 0 spiro atoms. The van der Waals surface area contributed by atoms with Gasteiger partial charge in [0, 0.05) is 27.9 Å². The van der Waals surface area contributed by atoms with Crippen LogP contribution in [0.4, 0.5) is 14.5 Å². The van der Waals surface area contributed by atoms with Gasteiger partial charge in [-0.25, -0.2) is 8.78 Å². The van der Waals surface area contributed by atoms with Gasteiger partial charge in [-0.05, 0) is 36.8 Å². The van der Waals surface area contributed by atoms with Crippen molar-refractivity contribution in [1.29, 1.82) is 0 Å². The van der Waals surface area contributed by atoms with E-state index in [1.54, 1.807) is 24.4 Å². The largest absolute Gasteiger partial charge is 0.492 e. The van der Waals surface area contributed by atoms with E-state index < -0.39 is 17.2 Å². The van der Waals surface area contributed by atoms with Crippen molar-refractivity contribution in [3.8, 4) is 16.9 Å². The van der Waals surface area contributed by atoms with Crippen molar-refractivity contribution in [2.75, 3.05) is 12.3 Å². The number of halogens is 2. The molecule has 9 heteroatoms. The first-order valence-corrected chi connectivity index (χ1v) is 9.18. The number of benzene rings is 2. The number of aromatic nitrogens is 4. The Kier molecular flexibility index (Phi) is 3.92. The smallest absolute Gasteiger partial charge is 0.272 e. The Hall–Kier alpha value is -4.01. The molecule has 0 amide bonds. The molecule has 3 heterocycles. The number of fused-ring (bicyclic) bond motifs is 4. The Morgan fingerprint density at radius 2 is 2.00 bits per heavy atom. The average Bonchev–Trinajstić information content (AvgIpc) is 3.23. The van der Waals surface area contributed by atoms with E-state index in [0.29, 0.717) is 39.5 Å². The minimum atomic E-state index is -1.08. The predicted molar refractivity (Wildman–Crippen MR) is 110 cm³/mol. The van der Waals surface area contributed by atoms with Crippen LogP contribution in [0.25, 0.3) is 43.8 Å². The molecule has 30 heavy (non-hydrogen) atoms. The summed E-state index contributed by atoms with van der Waals surface area (Å²) in [6.07, 6.45) is 2.99. The molecule has 0 aliphatic heterocycles. The summed E-state index contributed by atoms with van der Waals surface area (Å²) in [5.74, 6) is -1.65. The highest BCUT2D eigenvalue weighted by molar-refractivity contribution is 6.15. The molecule has 0 fully saturated rings. The van der Waals surface area contributed by atoms with Gasteiger partial charge in [-0.1, -0.05) is 0 Å². The third-order valence-corrected chi connectivity index (χ3v) is 5.08. The van der Waals surface area contributed by atoms with Crippen molar-refractivity contribution in [3.05, 3.63) is 58.6 Å². The molecule has 3 aromatic heterocycles. The third-order valence-electron chi connectivity index (χ3n) is 5.08. The maximum absolute atomic E-state index is 14.4. The number of hydrogen-bond acceptors (Lipinski definition) is 5. The summed E-state index contributed by atoms with van der Waals surface area (Å²) in [7, 11) is 0. The fraction of sp³-hybridized carbons (Fsp3) is 0.0952. The van der Waals surface area contributed by atoms with E-state index in [-0.39, 0.29) is 22.3 Å². The van der Waals surface area contributed by atoms with Crippen molar-refractivity contribution in [3.63, 3.8) is 0 Å². The molecule has 0 atom stereocenters. The summed E-state index contributed by atoms with van der Waals surface area (Å²) in [6, 6.07) is 6.24. The standard InChI is InChI=1S/C21H15F2N5O2/c1-2-30-14-7-11-15(10-6-13(22)16(23)20-12(10)8-26-28-20)17(24)21(29)27-18(11)9-4-3-5-25-19(9)14/h3-8H,2,24H2,1H3,(H,26,28)(H,27,29). The van der Waals surface area contributed by atoms with E-state index >= 15 is 0 Å². The van der Waals surface area contributed by atoms with Gasteiger partial charge in [0.2, 0.25) is 0 Å². The number of aromatic amines is 2. The van der Waals surface area contributed by atoms with E-state index in [0.717, 1.165) is 6.07 Å². The number of ether oxygens (including phenoxy) is 1. The number of nitrogen functional groups attached to an aromatic ring is 1. The second-order valence-corrected chi connectivity index (χ2v) is 6.75. The second-order valence-electron chi connectivity index (χ2n) is 6.75. The molecule has 150 valence electrons. The van der Waals surface area contributed by atoms with Crippen LogP contribution in [0.15, 0.2) is 41.5 Å². The molecule has 2 aromatic carbocycles. The highest BCUT2D eigenvalue weighted by Crippen LogP contribution is 2.41. The Balaban J connectivity index is 2.01. The minimum absolute atomic E-state index is 0.106. The van der Waals surface area contributed by atoms with E-state index in [1.807, 2.05) is 6.92 Å². The van der Waals surface area contributed by atoms with Gasteiger partial charge in [-0.3, -0.25) is 14.9 Å². The monoisotopic (exact) mass is 407 g/mol. The normalized spacial score (nSPS) is 11.6. The minimum Gasteiger partial charge on any atom is -0.492 e. The van der Waals surface area contributed by atoms with Crippen LogP contribution in [0, 0.1) is 11.6 Å². The molecular weight excluding hydrogens is 392 g/mol. The first-order chi connectivity index (χ1) is 14.5. The van der Waals surface area contributed by atoms with Crippen molar-refractivity contribution in [2.24, 2.45) is 0 Å². The number of nitrogens with one attached hydrogen (secondary N) is 2. The van der Waals surface area contributed by atoms with E-state index in [4.69, 9.17) is 10.5 Å². The van der Waals surface area contributed by atoms with Crippen LogP contribution in [0.1, 0.15) is 6.92 Å². The number of H-pyrrole nitrogens is 2. The number of nitrogens with two attached hydrogens (primary N) is 1. The summed E-state index contributed by atoms with van der Waals surface area (Å²) >= 11 is 0. The Bertz CT molecular complexity index is 1520. The summed E-state index contributed by atoms with van der Waals surface area (Å²) < 4.78 is 34.3. The van der Waals surface area contributed by atoms with Crippen molar-refractivity contribution in [2.45, 2.75) is 6.92 Å². The lowest BCUT2D eigenvalue weighted by Gasteiger charge is -2.15. The molecule has 0 aliphatic carbocycles. The van der Waals surface area contributed by atoms with Gasteiger partial charge in [0.25, 0.3) is 5.56 Å². The maximum atomic E-state index is 14.4. The highest BCUT2D eigenvalue weighted by atomic mass is 19.2. The van der Waals surface area contributed by atoms with Crippen molar-refractivity contribution in [1.82, 2.24) is 20.2 Å². The van der Waals surface area contributed by atoms with Crippen LogP contribution in [0.2, 0.25) is 0 Å². The van der Waals surface area contributed by atoms with E-state index in [1.165, 1.54) is 6.20 Å². The molecular formula is C21H15F2N5O2. The van der Waals surface area contributed by atoms with Crippen LogP contribution in [-0.2, 0) is 0 Å². The van der Waals surface area contributed by atoms with Gasteiger partial charge in [0.1, 0.15) is 22.5 Å². The number of anilines is 1.